The number of aromatic amines is 1. The van der Waals surface area contributed by atoms with E-state index in [0.29, 0.717) is 22.3 Å². The summed E-state index contributed by atoms with van der Waals surface area (Å²) in [6, 6.07) is 13.1. The lowest BCUT2D eigenvalue weighted by molar-refractivity contribution is -0.141. The molecule has 4 rings (SSSR count). The van der Waals surface area contributed by atoms with Gasteiger partial charge in [0, 0.05) is 30.8 Å². The second kappa shape index (κ2) is 9.93. The summed E-state index contributed by atoms with van der Waals surface area (Å²) in [7, 11) is 1.30. The monoisotopic (exact) mass is 494 g/mol. The van der Waals surface area contributed by atoms with E-state index in [2.05, 4.69) is 4.98 Å². The van der Waals surface area contributed by atoms with E-state index in [1.165, 1.54) is 18.9 Å². The van der Waals surface area contributed by atoms with Crippen LogP contribution in [0, 0.1) is 0 Å². The first-order valence-corrected chi connectivity index (χ1v) is 11.7. The number of anilines is 1. The minimum Gasteiger partial charge on any atom is -0.487 e. The molecule has 1 aliphatic heterocycles. The molecule has 1 aromatic heterocycles. The number of rotatable bonds is 6. The molecule has 1 amide bonds. The Hall–Kier alpha value is -4.01. The number of fused-ring (bicyclic) bond motifs is 3. The lowest BCUT2D eigenvalue weighted by atomic mass is 9.97. The van der Waals surface area contributed by atoms with E-state index >= 15 is 0 Å². The molecule has 0 radical (unpaired) electrons. The van der Waals surface area contributed by atoms with Gasteiger partial charge in [-0.1, -0.05) is 30.3 Å². The zero-order valence-electron chi connectivity index (χ0n) is 21.0. The van der Waals surface area contributed by atoms with Crippen molar-refractivity contribution < 1.29 is 33.3 Å². The van der Waals surface area contributed by atoms with Crippen molar-refractivity contribution in [2.45, 2.75) is 45.8 Å². The Morgan fingerprint density at radius 1 is 1.11 bits per heavy atom. The van der Waals surface area contributed by atoms with Gasteiger partial charge in [-0.25, -0.2) is 9.59 Å². The van der Waals surface area contributed by atoms with Crippen LogP contribution < -0.4 is 9.64 Å². The van der Waals surface area contributed by atoms with Crippen molar-refractivity contribution in [3.63, 3.8) is 0 Å². The summed E-state index contributed by atoms with van der Waals surface area (Å²) in [6.07, 6.45) is -0.522. The highest BCUT2D eigenvalue weighted by atomic mass is 16.6. The second-order valence-corrected chi connectivity index (χ2v) is 9.64. The predicted molar refractivity (Wildman–Crippen MR) is 133 cm³/mol. The van der Waals surface area contributed by atoms with Gasteiger partial charge in [0.1, 0.15) is 23.7 Å². The number of hydrogen-bond acceptors (Lipinski definition) is 7. The van der Waals surface area contributed by atoms with E-state index in [0.717, 1.165) is 11.1 Å². The topological polar surface area (TPSA) is 107 Å². The van der Waals surface area contributed by atoms with Crippen molar-refractivity contribution in [1.29, 1.82) is 0 Å². The molecule has 0 spiro atoms. The molecule has 3 aromatic rings. The molecule has 9 nitrogen and oxygen atoms in total. The van der Waals surface area contributed by atoms with E-state index in [9.17, 15) is 14.4 Å². The van der Waals surface area contributed by atoms with Crippen LogP contribution in [-0.4, -0.2) is 48.9 Å². The molecule has 1 aliphatic rings. The summed E-state index contributed by atoms with van der Waals surface area (Å²) in [5, 5.41) is 0.680. The molecular formula is C27H30N2O7. The first-order valence-electron chi connectivity index (χ1n) is 11.7. The first kappa shape index (κ1) is 25.1. The number of benzene rings is 2. The molecule has 0 unspecified atom stereocenters. The van der Waals surface area contributed by atoms with E-state index in [4.69, 9.17) is 18.9 Å². The number of esters is 2. The Bertz CT molecular complexity index is 1290. The second-order valence-electron chi connectivity index (χ2n) is 9.64. The van der Waals surface area contributed by atoms with E-state index < -0.39 is 23.6 Å². The number of aromatic nitrogens is 1. The van der Waals surface area contributed by atoms with Crippen LogP contribution in [0.2, 0.25) is 0 Å². The lowest BCUT2D eigenvalue weighted by Crippen LogP contribution is -2.36. The Morgan fingerprint density at radius 3 is 2.47 bits per heavy atom. The fraction of sp³-hybridized carbons (Fsp3) is 0.370. The van der Waals surface area contributed by atoms with Crippen LogP contribution in [0.1, 0.15) is 55.2 Å². The molecule has 1 atom stereocenters. The SMILES string of the molecule is COC(=O)c1cc2c3c(cc(OCc4ccccc4)c2[nH]1)N(C(=O)OC(C)(C)C)C[C@H]3COC(C)=O. The van der Waals surface area contributed by atoms with Crippen molar-refractivity contribution in [2.75, 3.05) is 25.2 Å². The minimum absolute atomic E-state index is 0.0691. The maximum atomic E-state index is 13.2. The highest BCUT2D eigenvalue weighted by Gasteiger charge is 2.38. The molecule has 0 fully saturated rings. The van der Waals surface area contributed by atoms with Gasteiger partial charge in [-0.3, -0.25) is 9.69 Å². The summed E-state index contributed by atoms with van der Waals surface area (Å²) in [5.74, 6) is -0.823. The molecule has 0 aliphatic carbocycles. The van der Waals surface area contributed by atoms with Crippen molar-refractivity contribution in [2.24, 2.45) is 0 Å². The number of methoxy groups -OCH3 is 1. The molecule has 2 aromatic carbocycles. The zero-order chi connectivity index (χ0) is 26.0. The molecule has 0 bridgehead atoms. The van der Waals surface area contributed by atoms with Crippen LogP contribution in [0.15, 0.2) is 42.5 Å². The average Bonchev–Trinajstić information content (AvgIpc) is 3.42. The van der Waals surface area contributed by atoms with Crippen molar-refractivity contribution in [3.05, 3.63) is 59.3 Å². The van der Waals surface area contributed by atoms with Gasteiger partial charge in [0.05, 0.1) is 24.9 Å². The molecule has 2 heterocycles. The summed E-state index contributed by atoms with van der Waals surface area (Å²) >= 11 is 0. The lowest BCUT2D eigenvalue weighted by Gasteiger charge is -2.25. The summed E-state index contributed by atoms with van der Waals surface area (Å²) in [4.78, 5) is 41.7. The predicted octanol–water partition coefficient (Wildman–Crippen LogP) is 4.94. The molecule has 1 N–H and O–H groups in total. The highest BCUT2D eigenvalue weighted by molar-refractivity contribution is 6.04. The Labute approximate surface area is 209 Å². The molecule has 0 saturated carbocycles. The maximum Gasteiger partial charge on any atom is 0.414 e. The fourth-order valence-electron chi connectivity index (χ4n) is 4.25. The Kier molecular flexibility index (Phi) is 6.92. The quantitative estimate of drug-likeness (QED) is 0.382. The normalized spacial score (nSPS) is 14.9. The highest BCUT2D eigenvalue weighted by Crippen LogP contribution is 2.46. The third kappa shape index (κ3) is 5.30. The summed E-state index contributed by atoms with van der Waals surface area (Å²) < 4.78 is 22.1. The number of ether oxygens (including phenoxy) is 4. The van der Waals surface area contributed by atoms with Gasteiger partial charge < -0.3 is 23.9 Å². The van der Waals surface area contributed by atoms with Gasteiger partial charge >= 0.3 is 18.0 Å². The summed E-state index contributed by atoms with van der Waals surface area (Å²) in [6.45, 7) is 7.32. The molecule has 9 heteroatoms. The summed E-state index contributed by atoms with van der Waals surface area (Å²) in [5.41, 5.74) is 2.43. The smallest absolute Gasteiger partial charge is 0.414 e. The molecule has 0 saturated heterocycles. The van der Waals surface area contributed by atoms with Crippen molar-refractivity contribution >= 4 is 34.6 Å². The van der Waals surface area contributed by atoms with Gasteiger partial charge in [-0.05, 0) is 38.0 Å². The number of carbonyl (C=O) groups is 3. The van der Waals surface area contributed by atoms with Crippen molar-refractivity contribution in [3.8, 4) is 5.75 Å². The fourth-order valence-corrected chi connectivity index (χ4v) is 4.25. The van der Waals surface area contributed by atoms with Gasteiger partial charge in [-0.2, -0.15) is 0 Å². The number of nitrogens with one attached hydrogen (secondary N) is 1. The van der Waals surface area contributed by atoms with Crippen LogP contribution in [0.25, 0.3) is 10.9 Å². The van der Waals surface area contributed by atoms with Crippen molar-refractivity contribution in [1.82, 2.24) is 4.98 Å². The van der Waals surface area contributed by atoms with Crippen LogP contribution >= 0.6 is 0 Å². The Morgan fingerprint density at radius 2 is 1.83 bits per heavy atom. The molecule has 36 heavy (non-hydrogen) atoms. The Balaban J connectivity index is 1.84. The number of hydrogen-bond donors (Lipinski definition) is 1. The number of H-pyrrole nitrogens is 1. The maximum absolute atomic E-state index is 13.2. The van der Waals surface area contributed by atoms with E-state index in [-0.39, 0.29) is 31.4 Å². The van der Waals surface area contributed by atoms with Gasteiger partial charge in [0.15, 0.2) is 0 Å². The number of amides is 1. The minimum atomic E-state index is -0.700. The van der Waals surface area contributed by atoms with Crippen LogP contribution in [-0.2, 0) is 25.6 Å². The first-order chi connectivity index (χ1) is 17.1. The van der Waals surface area contributed by atoms with Crippen LogP contribution in [0.4, 0.5) is 10.5 Å². The molecule has 190 valence electrons. The van der Waals surface area contributed by atoms with Gasteiger partial charge in [0.25, 0.3) is 0 Å². The van der Waals surface area contributed by atoms with Gasteiger partial charge in [0.2, 0.25) is 0 Å². The van der Waals surface area contributed by atoms with E-state index in [1.54, 1.807) is 32.9 Å². The zero-order valence-corrected chi connectivity index (χ0v) is 21.0. The van der Waals surface area contributed by atoms with Crippen LogP contribution in [0.5, 0.6) is 5.75 Å². The third-order valence-electron chi connectivity index (χ3n) is 5.74. The van der Waals surface area contributed by atoms with Gasteiger partial charge in [-0.15, -0.1) is 0 Å². The number of nitrogens with zero attached hydrogens (tertiary/aromatic N) is 1. The van der Waals surface area contributed by atoms with Crippen LogP contribution in [0.3, 0.4) is 0 Å². The standard InChI is InChI=1S/C27H30N2O7/c1-16(30)34-15-18-13-29(26(32)36-27(2,3)4)21-12-22(35-14-17-9-7-6-8-10-17)24-19(23(18)21)11-20(28-24)25(31)33-5/h6-12,18,28H,13-15H2,1-5H3/t18-/m0/s1. The third-order valence-corrected chi connectivity index (χ3v) is 5.74. The average molecular weight is 495 g/mol. The largest absolute Gasteiger partial charge is 0.487 e. The van der Waals surface area contributed by atoms with E-state index in [1.807, 2.05) is 30.3 Å². The number of carbonyl (C=O) groups excluding carboxylic acids is 3. The molecular weight excluding hydrogens is 464 g/mol.